The first-order chi connectivity index (χ1) is 11.5. The molecule has 3 rings (SSSR count). The predicted octanol–water partition coefficient (Wildman–Crippen LogP) is 3.49. The Hall–Kier alpha value is -2.73. The Bertz CT molecular complexity index is 824. The van der Waals surface area contributed by atoms with Crippen molar-refractivity contribution in [3.63, 3.8) is 0 Å². The van der Waals surface area contributed by atoms with Gasteiger partial charge in [-0.15, -0.1) is 17.9 Å². The third-order valence-corrected chi connectivity index (χ3v) is 4.72. The minimum atomic E-state index is -0.753. The summed E-state index contributed by atoms with van der Waals surface area (Å²) in [5.74, 6) is -2.19. The number of Topliss-reactive ketones (excluding diaryl/α,β-unsaturated/α-hetero) is 1. The number of amides is 1. The van der Waals surface area contributed by atoms with E-state index in [2.05, 4.69) is 6.58 Å². The lowest BCUT2D eigenvalue weighted by atomic mass is 10.00. The van der Waals surface area contributed by atoms with Crippen LogP contribution in [0.15, 0.2) is 60.0 Å². The molecular formula is C18H14FNO3S. The Morgan fingerprint density at radius 3 is 2.58 bits per heavy atom. The van der Waals surface area contributed by atoms with Gasteiger partial charge in [-0.25, -0.2) is 4.39 Å². The second-order valence-electron chi connectivity index (χ2n) is 5.26. The van der Waals surface area contributed by atoms with E-state index in [0.717, 1.165) is 4.88 Å². The van der Waals surface area contributed by atoms with Gasteiger partial charge in [-0.05, 0) is 35.7 Å². The Kier molecular flexibility index (Phi) is 4.31. The van der Waals surface area contributed by atoms with Gasteiger partial charge in [-0.3, -0.25) is 9.59 Å². The average molecular weight is 343 g/mol. The number of ketones is 1. The number of aliphatic hydroxyl groups excluding tert-OH is 1. The van der Waals surface area contributed by atoms with E-state index in [-0.39, 0.29) is 23.4 Å². The Morgan fingerprint density at radius 2 is 2.00 bits per heavy atom. The van der Waals surface area contributed by atoms with E-state index >= 15 is 0 Å². The van der Waals surface area contributed by atoms with Gasteiger partial charge in [0, 0.05) is 17.0 Å². The predicted molar refractivity (Wildman–Crippen MR) is 89.9 cm³/mol. The highest BCUT2D eigenvalue weighted by molar-refractivity contribution is 7.10. The van der Waals surface area contributed by atoms with E-state index in [1.807, 2.05) is 11.4 Å². The zero-order valence-corrected chi connectivity index (χ0v) is 13.4. The second kappa shape index (κ2) is 6.41. The molecule has 0 saturated carbocycles. The molecule has 0 bridgehead atoms. The van der Waals surface area contributed by atoms with Crippen LogP contribution in [0.4, 0.5) is 4.39 Å². The molecule has 0 unspecified atom stereocenters. The maximum atomic E-state index is 13.1. The van der Waals surface area contributed by atoms with Gasteiger partial charge in [-0.1, -0.05) is 12.1 Å². The number of nitrogens with zero attached hydrogens (tertiary/aromatic N) is 1. The molecule has 1 fully saturated rings. The number of carbonyl (C=O) groups is 2. The molecule has 24 heavy (non-hydrogen) atoms. The fourth-order valence-corrected chi connectivity index (χ4v) is 3.56. The largest absolute Gasteiger partial charge is 0.507 e. The summed E-state index contributed by atoms with van der Waals surface area (Å²) in [5.41, 5.74) is 0.297. The molecule has 6 heteroatoms. The molecule has 1 aromatic carbocycles. The first-order valence-electron chi connectivity index (χ1n) is 7.23. The van der Waals surface area contributed by atoms with Crippen molar-refractivity contribution in [1.29, 1.82) is 0 Å². The highest BCUT2D eigenvalue weighted by atomic mass is 32.1. The molecule has 2 aromatic rings. The van der Waals surface area contributed by atoms with Crippen molar-refractivity contribution < 1.29 is 19.1 Å². The van der Waals surface area contributed by atoms with Crippen LogP contribution in [-0.2, 0) is 9.59 Å². The van der Waals surface area contributed by atoms with E-state index in [4.69, 9.17) is 0 Å². The minimum Gasteiger partial charge on any atom is -0.507 e. The fraction of sp³-hybridized carbons (Fsp3) is 0.111. The lowest BCUT2D eigenvalue weighted by Gasteiger charge is -2.22. The molecule has 2 heterocycles. The van der Waals surface area contributed by atoms with E-state index in [9.17, 15) is 19.1 Å². The van der Waals surface area contributed by atoms with Crippen LogP contribution in [0.25, 0.3) is 5.76 Å². The van der Waals surface area contributed by atoms with Crippen molar-refractivity contribution in [2.24, 2.45) is 0 Å². The quantitative estimate of drug-likeness (QED) is 0.400. The molecule has 0 spiro atoms. The number of carbonyl (C=O) groups excluding carboxylic acids is 2. The van der Waals surface area contributed by atoms with E-state index in [1.165, 1.54) is 46.6 Å². The van der Waals surface area contributed by atoms with Gasteiger partial charge in [0.2, 0.25) is 0 Å². The van der Waals surface area contributed by atoms with Gasteiger partial charge in [-0.2, -0.15) is 0 Å². The lowest BCUT2D eigenvalue weighted by Crippen LogP contribution is -2.29. The van der Waals surface area contributed by atoms with Gasteiger partial charge in [0.15, 0.2) is 0 Å². The molecule has 122 valence electrons. The molecule has 1 N–H and O–H groups in total. The van der Waals surface area contributed by atoms with E-state index < -0.39 is 23.5 Å². The van der Waals surface area contributed by atoms with Gasteiger partial charge >= 0.3 is 0 Å². The van der Waals surface area contributed by atoms with Crippen LogP contribution in [0.2, 0.25) is 0 Å². The van der Waals surface area contributed by atoms with Crippen LogP contribution in [-0.4, -0.2) is 28.2 Å². The molecule has 1 saturated heterocycles. The number of halogens is 1. The highest BCUT2D eigenvalue weighted by Crippen LogP contribution is 2.40. The Balaban J connectivity index is 2.17. The Morgan fingerprint density at radius 1 is 1.29 bits per heavy atom. The minimum absolute atomic E-state index is 0.0101. The maximum Gasteiger partial charge on any atom is 0.295 e. The van der Waals surface area contributed by atoms with Crippen molar-refractivity contribution in [3.8, 4) is 0 Å². The number of aliphatic hydroxyl groups is 1. The SMILES string of the molecule is C=CCN1C(=O)C(=O)C(=C(O)c2ccc(F)cc2)[C@@H]1c1cccs1. The molecule has 1 amide bonds. The summed E-state index contributed by atoms with van der Waals surface area (Å²) in [6.45, 7) is 3.80. The van der Waals surface area contributed by atoms with Crippen molar-refractivity contribution in [3.05, 3.63) is 76.3 Å². The fourth-order valence-electron chi connectivity index (χ4n) is 2.71. The van der Waals surface area contributed by atoms with Gasteiger partial charge in [0.1, 0.15) is 11.6 Å². The maximum absolute atomic E-state index is 13.1. The van der Waals surface area contributed by atoms with Crippen LogP contribution in [0.5, 0.6) is 0 Å². The van der Waals surface area contributed by atoms with E-state index in [1.54, 1.807) is 6.07 Å². The molecule has 4 nitrogen and oxygen atoms in total. The van der Waals surface area contributed by atoms with Crippen LogP contribution < -0.4 is 0 Å². The summed E-state index contributed by atoms with van der Waals surface area (Å²) < 4.78 is 13.1. The van der Waals surface area contributed by atoms with Crippen LogP contribution in [0.3, 0.4) is 0 Å². The summed E-state index contributed by atoms with van der Waals surface area (Å²) in [7, 11) is 0. The molecule has 0 radical (unpaired) electrons. The van der Waals surface area contributed by atoms with Crippen LogP contribution in [0.1, 0.15) is 16.5 Å². The summed E-state index contributed by atoms with van der Waals surface area (Å²) in [5, 5.41) is 12.4. The van der Waals surface area contributed by atoms with Crippen molar-refractivity contribution >= 4 is 28.8 Å². The lowest BCUT2D eigenvalue weighted by molar-refractivity contribution is -0.139. The number of hydrogen-bond donors (Lipinski definition) is 1. The molecule has 1 aliphatic heterocycles. The first kappa shape index (κ1) is 16.1. The number of rotatable bonds is 4. The number of likely N-dealkylation sites (tertiary alicyclic amines) is 1. The number of hydrogen-bond acceptors (Lipinski definition) is 4. The summed E-state index contributed by atoms with van der Waals surface area (Å²) in [6.07, 6.45) is 1.53. The molecule has 1 aliphatic rings. The van der Waals surface area contributed by atoms with Gasteiger partial charge in [0.25, 0.3) is 11.7 Å². The summed E-state index contributed by atoms with van der Waals surface area (Å²) >= 11 is 1.39. The van der Waals surface area contributed by atoms with Crippen molar-refractivity contribution in [2.45, 2.75) is 6.04 Å². The zero-order chi connectivity index (χ0) is 17.3. The van der Waals surface area contributed by atoms with E-state index in [0.29, 0.717) is 0 Å². The Labute approximate surface area is 142 Å². The van der Waals surface area contributed by atoms with Crippen LogP contribution >= 0.6 is 11.3 Å². The second-order valence-corrected chi connectivity index (χ2v) is 6.24. The van der Waals surface area contributed by atoms with Gasteiger partial charge < -0.3 is 10.0 Å². The molecule has 1 atom stereocenters. The number of thiophene rings is 1. The normalized spacial score (nSPS) is 19.7. The number of benzene rings is 1. The summed E-state index contributed by atoms with van der Waals surface area (Å²) in [6, 6.07) is 8.06. The molecule has 1 aromatic heterocycles. The summed E-state index contributed by atoms with van der Waals surface area (Å²) in [4.78, 5) is 26.9. The molecule has 0 aliphatic carbocycles. The standard InChI is InChI=1S/C18H14FNO3S/c1-2-9-20-15(13-4-3-10-24-13)14(17(22)18(20)23)16(21)11-5-7-12(19)8-6-11/h2-8,10,15,21H,1,9H2/t15-/m0/s1. The smallest absolute Gasteiger partial charge is 0.295 e. The highest BCUT2D eigenvalue weighted by Gasteiger charge is 2.45. The average Bonchev–Trinajstić information content (AvgIpc) is 3.18. The molecular weight excluding hydrogens is 329 g/mol. The van der Waals surface area contributed by atoms with Crippen molar-refractivity contribution in [1.82, 2.24) is 4.90 Å². The zero-order valence-electron chi connectivity index (χ0n) is 12.6. The first-order valence-corrected chi connectivity index (χ1v) is 8.11. The van der Waals surface area contributed by atoms with Crippen LogP contribution in [0, 0.1) is 5.82 Å². The van der Waals surface area contributed by atoms with Gasteiger partial charge in [0.05, 0.1) is 11.6 Å². The third kappa shape index (κ3) is 2.65. The topological polar surface area (TPSA) is 57.6 Å². The van der Waals surface area contributed by atoms with Crippen molar-refractivity contribution in [2.75, 3.05) is 6.54 Å². The monoisotopic (exact) mass is 343 g/mol. The third-order valence-electron chi connectivity index (χ3n) is 3.80.